The summed E-state index contributed by atoms with van der Waals surface area (Å²) in [5.41, 5.74) is 3.70. The molecule has 0 aliphatic rings. The molecule has 27 heavy (non-hydrogen) atoms. The van der Waals surface area contributed by atoms with E-state index in [9.17, 15) is 4.79 Å². The van der Waals surface area contributed by atoms with Crippen molar-refractivity contribution in [2.45, 2.75) is 12.5 Å². The second-order valence-electron chi connectivity index (χ2n) is 6.33. The van der Waals surface area contributed by atoms with Crippen LogP contribution in [0.15, 0.2) is 84.9 Å². The first-order valence-corrected chi connectivity index (χ1v) is 8.89. The van der Waals surface area contributed by atoms with Gasteiger partial charge in [-0.25, -0.2) is 9.78 Å². The fraction of sp³-hybridized carbons (Fsp3) is 0.0909. The molecule has 1 aromatic heterocycles. The topological polar surface area (TPSA) is 69.8 Å². The monoisotopic (exact) mass is 356 g/mol. The molecule has 4 aromatic rings. The molecule has 0 aliphatic carbocycles. The summed E-state index contributed by atoms with van der Waals surface area (Å²) in [6.07, 6.45) is 0.570. The minimum absolute atomic E-state index is 0.199. The number of hydrogen-bond donors (Lipinski definition) is 3. The zero-order valence-corrected chi connectivity index (χ0v) is 14.7. The van der Waals surface area contributed by atoms with Crippen molar-refractivity contribution in [2.24, 2.45) is 0 Å². The molecular formula is C22H20N4O. The van der Waals surface area contributed by atoms with E-state index in [0.717, 1.165) is 28.1 Å². The van der Waals surface area contributed by atoms with Crippen LogP contribution in [-0.4, -0.2) is 16.0 Å². The van der Waals surface area contributed by atoms with Gasteiger partial charge in [-0.1, -0.05) is 60.7 Å². The van der Waals surface area contributed by atoms with Gasteiger partial charge in [-0.05, 0) is 29.8 Å². The van der Waals surface area contributed by atoms with Gasteiger partial charge in [0.05, 0.1) is 17.1 Å². The lowest BCUT2D eigenvalue weighted by Gasteiger charge is -2.19. The molecule has 1 atom stereocenters. The number of H-pyrrole nitrogens is 1. The minimum Gasteiger partial charge on any atom is -0.342 e. The molecule has 5 heteroatoms. The SMILES string of the molecule is O=C(Nc1ccccc1)NC(Cc1nc2ccccc2[nH]1)c1ccccc1. The Balaban J connectivity index is 1.54. The summed E-state index contributed by atoms with van der Waals surface area (Å²) in [4.78, 5) is 20.5. The first-order valence-electron chi connectivity index (χ1n) is 8.89. The Morgan fingerprint density at radius 1 is 0.889 bits per heavy atom. The fourth-order valence-corrected chi connectivity index (χ4v) is 3.08. The normalized spacial score (nSPS) is 11.9. The summed E-state index contributed by atoms with van der Waals surface area (Å²) >= 11 is 0. The average Bonchev–Trinajstić information content (AvgIpc) is 3.11. The van der Waals surface area contributed by atoms with Crippen molar-refractivity contribution in [1.82, 2.24) is 15.3 Å². The smallest absolute Gasteiger partial charge is 0.319 e. The number of para-hydroxylation sites is 3. The predicted octanol–water partition coefficient (Wildman–Crippen LogP) is 4.67. The van der Waals surface area contributed by atoms with Crippen LogP contribution in [0.4, 0.5) is 10.5 Å². The highest BCUT2D eigenvalue weighted by Gasteiger charge is 2.17. The Morgan fingerprint density at radius 3 is 2.30 bits per heavy atom. The quantitative estimate of drug-likeness (QED) is 0.486. The van der Waals surface area contributed by atoms with Crippen LogP contribution in [0.5, 0.6) is 0 Å². The highest BCUT2D eigenvalue weighted by molar-refractivity contribution is 5.89. The van der Waals surface area contributed by atoms with E-state index >= 15 is 0 Å². The van der Waals surface area contributed by atoms with E-state index in [1.807, 2.05) is 84.9 Å². The van der Waals surface area contributed by atoms with E-state index in [4.69, 9.17) is 0 Å². The number of aromatic nitrogens is 2. The maximum atomic E-state index is 12.5. The predicted molar refractivity (Wildman–Crippen MR) is 108 cm³/mol. The molecule has 0 aliphatic heterocycles. The number of rotatable bonds is 5. The summed E-state index contributed by atoms with van der Waals surface area (Å²) < 4.78 is 0. The van der Waals surface area contributed by atoms with E-state index in [1.54, 1.807) is 0 Å². The molecule has 0 radical (unpaired) electrons. The number of carbonyl (C=O) groups excluding carboxylic acids is 1. The van der Waals surface area contributed by atoms with Crippen LogP contribution in [0.1, 0.15) is 17.4 Å². The molecular weight excluding hydrogens is 336 g/mol. The van der Waals surface area contributed by atoms with E-state index in [-0.39, 0.29) is 12.1 Å². The molecule has 2 amide bonds. The van der Waals surface area contributed by atoms with Gasteiger partial charge in [0.25, 0.3) is 0 Å². The van der Waals surface area contributed by atoms with Crippen LogP contribution in [0.3, 0.4) is 0 Å². The number of benzene rings is 3. The lowest BCUT2D eigenvalue weighted by atomic mass is 10.0. The molecule has 4 rings (SSSR count). The third kappa shape index (κ3) is 4.15. The maximum absolute atomic E-state index is 12.5. The molecule has 0 bridgehead atoms. The first kappa shape index (κ1) is 16.8. The zero-order chi connectivity index (χ0) is 18.5. The van der Waals surface area contributed by atoms with E-state index < -0.39 is 0 Å². The second-order valence-corrected chi connectivity index (χ2v) is 6.33. The van der Waals surface area contributed by atoms with Gasteiger partial charge in [-0.3, -0.25) is 0 Å². The molecule has 3 aromatic carbocycles. The van der Waals surface area contributed by atoms with Crippen LogP contribution >= 0.6 is 0 Å². The highest BCUT2D eigenvalue weighted by Crippen LogP contribution is 2.19. The maximum Gasteiger partial charge on any atom is 0.319 e. The minimum atomic E-state index is -0.244. The van der Waals surface area contributed by atoms with Gasteiger partial charge in [0.15, 0.2) is 0 Å². The van der Waals surface area contributed by atoms with Gasteiger partial charge in [0, 0.05) is 12.1 Å². The van der Waals surface area contributed by atoms with Gasteiger partial charge in [0.1, 0.15) is 5.82 Å². The number of aromatic amines is 1. The van der Waals surface area contributed by atoms with Gasteiger partial charge in [-0.2, -0.15) is 0 Å². The molecule has 5 nitrogen and oxygen atoms in total. The molecule has 0 fully saturated rings. The van der Waals surface area contributed by atoms with Crippen LogP contribution in [0.25, 0.3) is 11.0 Å². The van der Waals surface area contributed by atoms with Crippen LogP contribution in [0.2, 0.25) is 0 Å². The Morgan fingerprint density at radius 2 is 1.56 bits per heavy atom. The number of fused-ring (bicyclic) bond motifs is 1. The van der Waals surface area contributed by atoms with Crippen LogP contribution in [0, 0.1) is 0 Å². The third-order valence-electron chi connectivity index (χ3n) is 4.37. The zero-order valence-electron chi connectivity index (χ0n) is 14.7. The van der Waals surface area contributed by atoms with Crippen molar-refractivity contribution in [3.63, 3.8) is 0 Å². The summed E-state index contributed by atoms with van der Waals surface area (Å²) in [7, 11) is 0. The van der Waals surface area contributed by atoms with Crippen LogP contribution < -0.4 is 10.6 Å². The van der Waals surface area contributed by atoms with Crippen molar-refractivity contribution >= 4 is 22.8 Å². The lowest BCUT2D eigenvalue weighted by molar-refractivity contribution is 0.248. The van der Waals surface area contributed by atoms with Crippen molar-refractivity contribution in [2.75, 3.05) is 5.32 Å². The Kier molecular flexibility index (Phi) is 4.83. The Bertz CT molecular complexity index is 995. The molecule has 0 saturated heterocycles. The number of nitrogens with one attached hydrogen (secondary N) is 3. The number of hydrogen-bond acceptors (Lipinski definition) is 2. The molecule has 3 N–H and O–H groups in total. The summed E-state index contributed by atoms with van der Waals surface area (Å²) in [5.74, 6) is 0.838. The molecule has 0 saturated carbocycles. The average molecular weight is 356 g/mol. The van der Waals surface area contributed by atoms with E-state index in [0.29, 0.717) is 6.42 Å². The van der Waals surface area contributed by atoms with E-state index in [2.05, 4.69) is 20.6 Å². The standard InChI is InChI=1S/C22H20N4O/c27-22(23-17-11-5-2-6-12-17)26-20(16-9-3-1-4-10-16)15-21-24-18-13-7-8-14-19(18)25-21/h1-14,20H,15H2,(H,24,25)(H2,23,26,27). The number of nitrogens with zero attached hydrogens (tertiary/aromatic N) is 1. The summed E-state index contributed by atoms with van der Waals surface area (Å²) in [6.45, 7) is 0. The lowest BCUT2D eigenvalue weighted by Crippen LogP contribution is -2.33. The Labute approximate surface area is 157 Å². The van der Waals surface area contributed by atoms with Gasteiger partial charge < -0.3 is 15.6 Å². The third-order valence-corrected chi connectivity index (χ3v) is 4.37. The largest absolute Gasteiger partial charge is 0.342 e. The highest BCUT2D eigenvalue weighted by atomic mass is 16.2. The van der Waals surface area contributed by atoms with Crippen molar-refractivity contribution in [3.8, 4) is 0 Å². The van der Waals surface area contributed by atoms with E-state index in [1.165, 1.54) is 0 Å². The number of anilines is 1. The number of carbonyl (C=O) groups is 1. The summed E-state index contributed by atoms with van der Waals surface area (Å²) in [5, 5.41) is 5.94. The number of imidazole rings is 1. The number of amides is 2. The van der Waals surface area contributed by atoms with Crippen molar-refractivity contribution in [1.29, 1.82) is 0 Å². The molecule has 0 spiro atoms. The van der Waals surface area contributed by atoms with Gasteiger partial charge in [-0.15, -0.1) is 0 Å². The van der Waals surface area contributed by atoms with Crippen molar-refractivity contribution < 1.29 is 4.79 Å². The summed E-state index contributed by atoms with van der Waals surface area (Å²) in [6, 6.07) is 26.8. The number of urea groups is 1. The molecule has 1 unspecified atom stereocenters. The van der Waals surface area contributed by atoms with Gasteiger partial charge >= 0.3 is 6.03 Å². The molecule has 1 heterocycles. The van der Waals surface area contributed by atoms with Crippen molar-refractivity contribution in [3.05, 3.63) is 96.3 Å². The first-order chi connectivity index (χ1) is 13.3. The Hall–Kier alpha value is -3.60. The molecule has 134 valence electrons. The van der Waals surface area contributed by atoms with Gasteiger partial charge in [0.2, 0.25) is 0 Å². The second kappa shape index (κ2) is 7.74. The fourth-order valence-electron chi connectivity index (χ4n) is 3.08. The van der Waals surface area contributed by atoms with Crippen LogP contribution in [-0.2, 0) is 6.42 Å².